The molecule has 0 radical (unpaired) electrons. The molecule has 0 spiro atoms. The van der Waals surface area contributed by atoms with Crippen LogP contribution in [0.2, 0.25) is 0 Å². The second-order valence-corrected chi connectivity index (χ2v) is 2.96. The van der Waals surface area contributed by atoms with E-state index in [-0.39, 0.29) is 0 Å². The van der Waals surface area contributed by atoms with Crippen LogP contribution in [0.15, 0.2) is 30.3 Å². The van der Waals surface area contributed by atoms with Crippen LogP contribution in [0.5, 0.6) is 0 Å². The molecule has 0 saturated heterocycles. The van der Waals surface area contributed by atoms with E-state index in [0.717, 1.165) is 24.2 Å². The van der Waals surface area contributed by atoms with Crippen LogP contribution in [0.1, 0.15) is 12.0 Å². The van der Waals surface area contributed by atoms with Gasteiger partial charge < -0.3 is 11.1 Å². The van der Waals surface area contributed by atoms with Gasteiger partial charge in [-0.1, -0.05) is 24.3 Å². The minimum absolute atomic E-state index is 0.816. The average molecular weight is 176 g/mol. The van der Waals surface area contributed by atoms with Crippen molar-refractivity contribution in [2.24, 2.45) is 0 Å². The van der Waals surface area contributed by atoms with Gasteiger partial charge in [-0.15, -0.1) is 0 Å². The number of rotatable bonds is 4. The van der Waals surface area contributed by atoms with Crippen molar-refractivity contribution in [3.8, 4) is 0 Å². The Bertz CT molecular complexity index is 279. The summed E-state index contributed by atoms with van der Waals surface area (Å²) >= 11 is 0. The van der Waals surface area contributed by atoms with Crippen LogP contribution in [0.3, 0.4) is 0 Å². The lowest BCUT2D eigenvalue weighted by Gasteiger charge is -1.95. The number of anilines is 1. The Morgan fingerprint density at radius 2 is 2.31 bits per heavy atom. The molecule has 1 rings (SSSR count). The molecule has 2 heteroatoms. The molecule has 70 valence electrons. The van der Waals surface area contributed by atoms with Crippen molar-refractivity contribution in [3.63, 3.8) is 0 Å². The number of hydrogen-bond acceptors (Lipinski definition) is 2. The van der Waals surface area contributed by atoms with Crippen LogP contribution >= 0.6 is 0 Å². The maximum absolute atomic E-state index is 5.64. The molecule has 13 heavy (non-hydrogen) atoms. The summed E-state index contributed by atoms with van der Waals surface area (Å²) in [4.78, 5) is 0. The average Bonchev–Trinajstić information content (AvgIpc) is 2.13. The molecule has 0 atom stereocenters. The fourth-order valence-electron chi connectivity index (χ4n) is 1.11. The van der Waals surface area contributed by atoms with Gasteiger partial charge in [-0.3, -0.25) is 0 Å². The summed E-state index contributed by atoms with van der Waals surface area (Å²) in [5, 5.41) is 3.09. The van der Waals surface area contributed by atoms with E-state index in [1.165, 1.54) is 0 Å². The summed E-state index contributed by atoms with van der Waals surface area (Å²) in [5.41, 5.74) is 7.62. The molecule has 0 amide bonds. The highest BCUT2D eigenvalue weighted by atomic mass is 14.8. The molecular weight excluding hydrogens is 160 g/mol. The van der Waals surface area contributed by atoms with E-state index in [1.807, 2.05) is 31.3 Å². The van der Waals surface area contributed by atoms with Crippen molar-refractivity contribution < 1.29 is 0 Å². The number of hydrogen-bond donors (Lipinski definition) is 2. The van der Waals surface area contributed by atoms with Gasteiger partial charge in [0.25, 0.3) is 0 Å². The fraction of sp³-hybridized carbons (Fsp3) is 0.273. The molecular formula is C11H16N2. The molecule has 2 nitrogen and oxygen atoms in total. The van der Waals surface area contributed by atoms with Crippen LogP contribution in [-0.2, 0) is 0 Å². The summed E-state index contributed by atoms with van der Waals surface area (Å²) in [5.74, 6) is 0. The highest BCUT2D eigenvalue weighted by Crippen LogP contribution is 2.08. The molecule has 0 fully saturated rings. The fourth-order valence-corrected chi connectivity index (χ4v) is 1.11. The van der Waals surface area contributed by atoms with E-state index in [9.17, 15) is 0 Å². The molecule has 0 heterocycles. The van der Waals surface area contributed by atoms with Gasteiger partial charge >= 0.3 is 0 Å². The molecule has 0 saturated carbocycles. The third kappa shape index (κ3) is 3.76. The van der Waals surface area contributed by atoms with E-state index in [4.69, 9.17) is 5.73 Å². The topological polar surface area (TPSA) is 38.0 Å². The van der Waals surface area contributed by atoms with Crippen LogP contribution in [0, 0.1) is 0 Å². The lowest BCUT2D eigenvalue weighted by atomic mass is 10.2. The van der Waals surface area contributed by atoms with Crippen molar-refractivity contribution in [2.75, 3.05) is 19.3 Å². The SMILES string of the molecule is CNCC/C=C/c1cccc(N)c1. The van der Waals surface area contributed by atoms with E-state index < -0.39 is 0 Å². The Morgan fingerprint density at radius 3 is 3.00 bits per heavy atom. The Kier molecular flexibility index (Phi) is 4.06. The second kappa shape index (κ2) is 5.38. The first kappa shape index (κ1) is 9.81. The van der Waals surface area contributed by atoms with Crippen LogP contribution in [-0.4, -0.2) is 13.6 Å². The number of benzene rings is 1. The molecule has 0 aliphatic heterocycles. The van der Waals surface area contributed by atoms with Crippen molar-refractivity contribution in [3.05, 3.63) is 35.9 Å². The predicted molar refractivity (Wildman–Crippen MR) is 58.4 cm³/mol. The van der Waals surface area contributed by atoms with Gasteiger partial charge in [0.1, 0.15) is 0 Å². The van der Waals surface area contributed by atoms with Gasteiger partial charge in [0, 0.05) is 5.69 Å². The van der Waals surface area contributed by atoms with E-state index >= 15 is 0 Å². The third-order valence-electron chi connectivity index (χ3n) is 1.78. The van der Waals surface area contributed by atoms with Crippen LogP contribution < -0.4 is 11.1 Å². The standard InChI is InChI=1S/C11H16N2/c1-13-8-3-2-5-10-6-4-7-11(12)9-10/h2,4-7,9,13H,3,8,12H2,1H3/b5-2+. The normalized spacial score (nSPS) is 10.8. The summed E-state index contributed by atoms with van der Waals surface area (Å²) < 4.78 is 0. The van der Waals surface area contributed by atoms with Crippen molar-refractivity contribution in [1.82, 2.24) is 5.32 Å². The highest BCUT2D eigenvalue weighted by Gasteiger charge is 1.86. The third-order valence-corrected chi connectivity index (χ3v) is 1.78. The van der Waals surface area contributed by atoms with E-state index in [0.29, 0.717) is 0 Å². The molecule has 0 aliphatic rings. The Balaban J connectivity index is 2.48. The summed E-state index contributed by atoms with van der Waals surface area (Å²) in [7, 11) is 1.95. The minimum Gasteiger partial charge on any atom is -0.399 e. The molecule has 0 bridgehead atoms. The van der Waals surface area contributed by atoms with Gasteiger partial charge in [-0.05, 0) is 37.7 Å². The Labute approximate surface area is 79.5 Å². The molecule has 0 aliphatic carbocycles. The Hall–Kier alpha value is -1.28. The zero-order chi connectivity index (χ0) is 9.52. The first-order valence-electron chi connectivity index (χ1n) is 4.49. The second-order valence-electron chi connectivity index (χ2n) is 2.96. The quantitative estimate of drug-likeness (QED) is 0.543. The van der Waals surface area contributed by atoms with Crippen molar-refractivity contribution in [1.29, 1.82) is 0 Å². The molecule has 0 unspecified atom stereocenters. The maximum Gasteiger partial charge on any atom is 0.0319 e. The Morgan fingerprint density at radius 1 is 1.46 bits per heavy atom. The molecule has 1 aromatic rings. The van der Waals surface area contributed by atoms with Gasteiger partial charge in [-0.2, -0.15) is 0 Å². The van der Waals surface area contributed by atoms with Gasteiger partial charge in [-0.25, -0.2) is 0 Å². The lowest BCUT2D eigenvalue weighted by molar-refractivity contribution is 0.809. The number of nitrogens with one attached hydrogen (secondary N) is 1. The van der Waals surface area contributed by atoms with Crippen molar-refractivity contribution >= 4 is 11.8 Å². The summed E-state index contributed by atoms with van der Waals surface area (Å²) in [6.45, 7) is 1.01. The van der Waals surface area contributed by atoms with Gasteiger partial charge in [0.15, 0.2) is 0 Å². The number of nitrogen functional groups attached to an aromatic ring is 1. The van der Waals surface area contributed by atoms with E-state index in [1.54, 1.807) is 0 Å². The van der Waals surface area contributed by atoms with Crippen LogP contribution in [0.25, 0.3) is 6.08 Å². The summed E-state index contributed by atoms with van der Waals surface area (Å²) in [6.07, 6.45) is 5.28. The smallest absolute Gasteiger partial charge is 0.0319 e. The molecule has 3 N–H and O–H groups in total. The number of nitrogens with two attached hydrogens (primary N) is 1. The zero-order valence-electron chi connectivity index (χ0n) is 7.96. The minimum atomic E-state index is 0.816. The van der Waals surface area contributed by atoms with E-state index in [2.05, 4.69) is 17.5 Å². The van der Waals surface area contributed by atoms with Gasteiger partial charge in [0.05, 0.1) is 0 Å². The van der Waals surface area contributed by atoms with Crippen LogP contribution in [0.4, 0.5) is 5.69 Å². The molecule has 0 aromatic heterocycles. The largest absolute Gasteiger partial charge is 0.399 e. The monoisotopic (exact) mass is 176 g/mol. The maximum atomic E-state index is 5.64. The predicted octanol–water partition coefficient (Wildman–Crippen LogP) is 1.89. The molecule has 1 aromatic carbocycles. The first-order chi connectivity index (χ1) is 6.33. The zero-order valence-corrected chi connectivity index (χ0v) is 7.96. The summed E-state index contributed by atoms with van der Waals surface area (Å²) in [6, 6.07) is 7.88. The lowest BCUT2D eigenvalue weighted by Crippen LogP contribution is -2.05. The van der Waals surface area contributed by atoms with Gasteiger partial charge in [0.2, 0.25) is 0 Å². The van der Waals surface area contributed by atoms with Crippen molar-refractivity contribution in [2.45, 2.75) is 6.42 Å². The highest BCUT2D eigenvalue weighted by molar-refractivity contribution is 5.55. The first-order valence-corrected chi connectivity index (χ1v) is 4.49.